The number of aromatic nitrogens is 1. The van der Waals surface area contributed by atoms with Crippen LogP contribution in [0.1, 0.15) is 29.9 Å². The SMILES string of the molecule is CC(C)[C@H](NC(=O)c1ccccc1Cl)C(=O)OCc1csc(-c2ccc(F)cc2)n1. The van der Waals surface area contributed by atoms with Crippen LogP contribution in [0.15, 0.2) is 53.9 Å². The first-order valence-corrected chi connectivity index (χ1v) is 10.5. The molecule has 0 saturated carbocycles. The Kier molecular flexibility index (Phi) is 7.18. The number of thiazole rings is 1. The zero-order chi connectivity index (χ0) is 21.7. The molecular formula is C22H20ClFN2O3S. The van der Waals surface area contributed by atoms with Gasteiger partial charge in [0.15, 0.2) is 0 Å². The maximum Gasteiger partial charge on any atom is 0.329 e. The van der Waals surface area contributed by atoms with Gasteiger partial charge >= 0.3 is 5.97 Å². The first-order chi connectivity index (χ1) is 14.3. The van der Waals surface area contributed by atoms with E-state index in [4.69, 9.17) is 16.3 Å². The molecule has 30 heavy (non-hydrogen) atoms. The third-order valence-corrected chi connectivity index (χ3v) is 5.60. The van der Waals surface area contributed by atoms with Crippen LogP contribution in [0.25, 0.3) is 10.6 Å². The molecule has 1 aromatic heterocycles. The summed E-state index contributed by atoms with van der Waals surface area (Å²) in [4.78, 5) is 29.5. The molecule has 156 valence electrons. The highest BCUT2D eigenvalue weighted by molar-refractivity contribution is 7.13. The topological polar surface area (TPSA) is 68.3 Å². The highest BCUT2D eigenvalue weighted by Crippen LogP contribution is 2.24. The number of carbonyl (C=O) groups is 2. The summed E-state index contributed by atoms with van der Waals surface area (Å²) in [6.45, 7) is 3.60. The second-order valence-electron chi connectivity index (χ2n) is 6.93. The van der Waals surface area contributed by atoms with Crippen LogP contribution in [0.2, 0.25) is 5.02 Å². The maximum absolute atomic E-state index is 13.1. The molecule has 2 aromatic carbocycles. The molecule has 3 rings (SSSR count). The number of halogens is 2. The molecule has 0 aliphatic heterocycles. The zero-order valence-corrected chi connectivity index (χ0v) is 18.0. The standard InChI is InChI=1S/C22H20ClFN2O3S/c1-13(2)19(26-20(27)17-5-3-4-6-18(17)23)22(28)29-11-16-12-30-21(25-16)14-7-9-15(24)10-8-14/h3-10,12-13,19H,11H2,1-2H3,(H,26,27)/t19-/m0/s1. The Balaban J connectivity index is 1.62. The van der Waals surface area contributed by atoms with Gasteiger partial charge in [-0.05, 0) is 42.3 Å². The Morgan fingerprint density at radius 3 is 2.53 bits per heavy atom. The van der Waals surface area contributed by atoms with Crippen molar-refractivity contribution >= 4 is 34.8 Å². The predicted octanol–water partition coefficient (Wildman–Crippen LogP) is 5.10. The normalized spacial score (nSPS) is 11.9. The summed E-state index contributed by atoms with van der Waals surface area (Å²) in [6.07, 6.45) is 0. The molecule has 0 saturated heterocycles. The van der Waals surface area contributed by atoms with E-state index in [-0.39, 0.29) is 18.3 Å². The van der Waals surface area contributed by atoms with Gasteiger partial charge in [-0.15, -0.1) is 11.3 Å². The summed E-state index contributed by atoms with van der Waals surface area (Å²) in [6, 6.07) is 11.8. The molecule has 0 bridgehead atoms. The van der Waals surface area contributed by atoms with Crippen LogP contribution in [0.3, 0.4) is 0 Å². The summed E-state index contributed by atoms with van der Waals surface area (Å²) in [5.74, 6) is -1.50. The van der Waals surface area contributed by atoms with Gasteiger partial charge in [0.2, 0.25) is 0 Å². The van der Waals surface area contributed by atoms with E-state index >= 15 is 0 Å². The molecule has 0 aliphatic carbocycles. The van der Waals surface area contributed by atoms with Crippen molar-refractivity contribution in [2.75, 3.05) is 0 Å². The van der Waals surface area contributed by atoms with Gasteiger partial charge in [-0.3, -0.25) is 4.79 Å². The number of hydrogen-bond donors (Lipinski definition) is 1. The number of hydrogen-bond acceptors (Lipinski definition) is 5. The smallest absolute Gasteiger partial charge is 0.329 e. The summed E-state index contributed by atoms with van der Waals surface area (Å²) >= 11 is 7.43. The number of nitrogens with zero attached hydrogens (tertiary/aromatic N) is 1. The zero-order valence-electron chi connectivity index (χ0n) is 16.4. The lowest BCUT2D eigenvalue weighted by molar-refractivity contribution is -0.148. The average molecular weight is 447 g/mol. The molecule has 5 nitrogen and oxygen atoms in total. The first kappa shape index (κ1) is 21.9. The second kappa shape index (κ2) is 9.82. The van der Waals surface area contributed by atoms with E-state index in [1.54, 1.807) is 41.8 Å². The van der Waals surface area contributed by atoms with E-state index in [9.17, 15) is 14.0 Å². The molecule has 0 unspecified atom stereocenters. The largest absolute Gasteiger partial charge is 0.458 e. The molecule has 1 atom stereocenters. The van der Waals surface area contributed by atoms with Gasteiger partial charge in [-0.25, -0.2) is 14.2 Å². The Bertz CT molecular complexity index is 1040. The van der Waals surface area contributed by atoms with Crippen LogP contribution >= 0.6 is 22.9 Å². The molecule has 1 amide bonds. The molecule has 8 heteroatoms. The fourth-order valence-corrected chi connectivity index (χ4v) is 3.73. The van der Waals surface area contributed by atoms with E-state index in [0.717, 1.165) is 5.56 Å². The van der Waals surface area contributed by atoms with E-state index in [1.807, 2.05) is 13.8 Å². The number of ether oxygens (including phenoxy) is 1. The Labute approximate surface area is 182 Å². The lowest BCUT2D eigenvalue weighted by Crippen LogP contribution is -2.45. The molecule has 1 heterocycles. The lowest BCUT2D eigenvalue weighted by atomic mass is 10.0. The molecule has 0 aliphatic rings. The van der Waals surface area contributed by atoms with Crippen LogP contribution in [-0.2, 0) is 16.1 Å². The van der Waals surface area contributed by atoms with Crippen molar-refractivity contribution in [3.63, 3.8) is 0 Å². The van der Waals surface area contributed by atoms with Gasteiger partial charge < -0.3 is 10.1 Å². The highest BCUT2D eigenvalue weighted by Gasteiger charge is 2.27. The van der Waals surface area contributed by atoms with Gasteiger partial charge in [-0.1, -0.05) is 37.6 Å². The van der Waals surface area contributed by atoms with Gasteiger partial charge in [-0.2, -0.15) is 0 Å². The number of esters is 1. The summed E-state index contributed by atoms with van der Waals surface area (Å²) in [5.41, 5.74) is 1.65. The van der Waals surface area contributed by atoms with Gasteiger partial charge in [0.25, 0.3) is 5.91 Å². The third-order valence-electron chi connectivity index (χ3n) is 4.33. The predicted molar refractivity (Wildman–Crippen MR) is 115 cm³/mol. The number of rotatable bonds is 7. The Morgan fingerprint density at radius 2 is 1.87 bits per heavy atom. The minimum absolute atomic E-state index is 0.0261. The second-order valence-corrected chi connectivity index (χ2v) is 8.20. The van der Waals surface area contributed by atoms with Crippen LogP contribution in [0, 0.1) is 11.7 Å². The quantitative estimate of drug-likeness (QED) is 0.512. The average Bonchev–Trinajstić information content (AvgIpc) is 3.19. The minimum atomic E-state index is -0.830. The fourth-order valence-electron chi connectivity index (χ4n) is 2.70. The van der Waals surface area contributed by atoms with Crippen molar-refractivity contribution in [2.24, 2.45) is 5.92 Å². The van der Waals surface area contributed by atoms with E-state index in [1.165, 1.54) is 23.5 Å². The third kappa shape index (κ3) is 5.43. The van der Waals surface area contributed by atoms with Crippen molar-refractivity contribution in [2.45, 2.75) is 26.5 Å². The lowest BCUT2D eigenvalue weighted by Gasteiger charge is -2.21. The van der Waals surface area contributed by atoms with Crippen LogP contribution in [0.5, 0.6) is 0 Å². The Hall–Kier alpha value is -2.77. The number of amides is 1. The summed E-state index contributed by atoms with van der Waals surface area (Å²) in [7, 11) is 0. The first-order valence-electron chi connectivity index (χ1n) is 9.27. The molecule has 0 radical (unpaired) electrons. The number of nitrogens with one attached hydrogen (secondary N) is 1. The molecule has 0 fully saturated rings. The Morgan fingerprint density at radius 1 is 1.17 bits per heavy atom. The number of carbonyl (C=O) groups excluding carboxylic acids is 2. The highest BCUT2D eigenvalue weighted by atomic mass is 35.5. The molecule has 0 spiro atoms. The van der Waals surface area contributed by atoms with Crippen molar-refractivity contribution in [3.05, 3.63) is 76.0 Å². The van der Waals surface area contributed by atoms with Crippen LogP contribution < -0.4 is 5.32 Å². The van der Waals surface area contributed by atoms with E-state index < -0.39 is 17.9 Å². The monoisotopic (exact) mass is 446 g/mol. The molecule has 3 aromatic rings. The molecule has 1 N–H and O–H groups in total. The minimum Gasteiger partial charge on any atom is -0.458 e. The number of benzene rings is 2. The van der Waals surface area contributed by atoms with Crippen molar-refractivity contribution in [3.8, 4) is 10.6 Å². The van der Waals surface area contributed by atoms with Crippen molar-refractivity contribution < 1.29 is 18.7 Å². The maximum atomic E-state index is 13.1. The van der Waals surface area contributed by atoms with Crippen molar-refractivity contribution in [1.29, 1.82) is 0 Å². The van der Waals surface area contributed by atoms with Gasteiger partial charge in [0.1, 0.15) is 23.5 Å². The summed E-state index contributed by atoms with van der Waals surface area (Å²) < 4.78 is 18.5. The fraction of sp³-hybridized carbons (Fsp3) is 0.227. The summed E-state index contributed by atoms with van der Waals surface area (Å²) in [5, 5.41) is 5.48. The van der Waals surface area contributed by atoms with E-state index in [0.29, 0.717) is 21.3 Å². The van der Waals surface area contributed by atoms with E-state index in [2.05, 4.69) is 10.3 Å². The molecular weight excluding hydrogens is 427 g/mol. The van der Waals surface area contributed by atoms with Gasteiger partial charge in [0, 0.05) is 10.9 Å². The van der Waals surface area contributed by atoms with Crippen molar-refractivity contribution in [1.82, 2.24) is 10.3 Å². The van der Waals surface area contributed by atoms with Crippen LogP contribution in [-0.4, -0.2) is 22.9 Å². The van der Waals surface area contributed by atoms with Gasteiger partial charge in [0.05, 0.1) is 16.3 Å². The van der Waals surface area contributed by atoms with Crippen LogP contribution in [0.4, 0.5) is 4.39 Å².